The molecular weight excluding hydrogens is 200 g/mol. The molecule has 1 aromatic carbocycles. The Labute approximate surface area is 93.6 Å². The Morgan fingerprint density at radius 1 is 1.19 bits per heavy atom. The van der Waals surface area contributed by atoms with Crippen LogP contribution in [0.15, 0.2) is 29.4 Å². The summed E-state index contributed by atoms with van der Waals surface area (Å²) in [5, 5.41) is 12.8. The van der Waals surface area contributed by atoms with Gasteiger partial charge in [-0.2, -0.15) is 9.78 Å². The van der Waals surface area contributed by atoms with Crippen LogP contribution in [0, 0.1) is 6.92 Å². The molecule has 0 amide bonds. The third-order valence-electron chi connectivity index (χ3n) is 2.67. The van der Waals surface area contributed by atoms with Gasteiger partial charge in [-0.3, -0.25) is 0 Å². The Kier molecular flexibility index (Phi) is 1.89. The molecule has 0 saturated heterocycles. The van der Waals surface area contributed by atoms with Crippen LogP contribution in [0.4, 0.5) is 0 Å². The first kappa shape index (κ1) is 9.27. The lowest BCUT2D eigenvalue weighted by Crippen LogP contribution is -1.92. The second kappa shape index (κ2) is 3.27. The van der Waals surface area contributed by atoms with Crippen molar-refractivity contribution in [3.8, 4) is 11.4 Å². The average Bonchev–Trinajstić information content (AvgIpc) is 2.76. The van der Waals surface area contributed by atoms with E-state index in [-0.39, 0.29) is 0 Å². The molecule has 3 rings (SSSR count). The molecule has 0 spiro atoms. The number of aryl methyl sites for hydroxylation is 1. The van der Waals surface area contributed by atoms with Gasteiger partial charge in [-0.15, -0.1) is 10.2 Å². The molecule has 0 bridgehead atoms. The minimum atomic E-state index is 0.804. The number of rotatable bonds is 1. The molecule has 1 aliphatic heterocycles. The normalized spacial score (nSPS) is 13.8. The van der Waals surface area contributed by atoms with Crippen molar-refractivity contribution in [3.05, 3.63) is 35.7 Å². The van der Waals surface area contributed by atoms with Gasteiger partial charge in [0.05, 0.1) is 0 Å². The van der Waals surface area contributed by atoms with Gasteiger partial charge in [0, 0.05) is 17.7 Å². The fourth-order valence-corrected chi connectivity index (χ4v) is 1.93. The summed E-state index contributed by atoms with van der Waals surface area (Å²) in [7, 11) is 0. The fourth-order valence-electron chi connectivity index (χ4n) is 1.93. The number of hydrogen-bond acceptors (Lipinski definition) is 3. The van der Waals surface area contributed by atoms with E-state index in [1.807, 2.05) is 23.7 Å². The molecule has 80 valence electrons. The van der Waals surface area contributed by atoms with Crippen LogP contribution in [0.2, 0.25) is 0 Å². The summed E-state index contributed by atoms with van der Waals surface area (Å²) >= 11 is 0. The van der Waals surface area contributed by atoms with E-state index in [0.717, 1.165) is 29.3 Å². The SMILES string of the molecule is CC1=Nn2c(nnc2-c2cccc(C)c2)C1. The summed E-state index contributed by atoms with van der Waals surface area (Å²) in [5.41, 5.74) is 3.37. The molecule has 0 aliphatic carbocycles. The van der Waals surface area contributed by atoms with Crippen molar-refractivity contribution < 1.29 is 0 Å². The number of fused-ring (bicyclic) bond motifs is 1. The van der Waals surface area contributed by atoms with Gasteiger partial charge in [0.15, 0.2) is 11.6 Å². The number of nitrogens with zero attached hydrogens (tertiary/aromatic N) is 4. The third kappa shape index (κ3) is 1.34. The quantitative estimate of drug-likeness (QED) is 0.726. The minimum absolute atomic E-state index is 0.804. The zero-order valence-electron chi connectivity index (χ0n) is 9.31. The monoisotopic (exact) mass is 212 g/mol. The van der Waals surface area contributed by atoms with E-state index >= 15 is 0 Å². The van der Waals surface area contributed by atoms with Gasteiger partial charge in [-0.1, -0.05) is 23.8 Å². The van der Waals surface area contributed by atoms with Crippen molar-refractivity contribution in [2.75, 3.05) is 0 Å². The van der Waals surface area contributed by atoms with E-state index in [4.69, 9.17) is 0 Å². The van der Waals surface area contributed by atoms with Gasteiger partial charge in [-0.05, 0) is 19.9 Å². The van der Waals surface area contributed by atoms with Gasteiger partial charge in [-0.25, -0.2) is 0 Å². The van der Waals surface area contributed by atoms with Crippen LogP contribution < -0.4 is 0 Å². The molecule has 0 N–H and O–H groups in total. The first-order valence-corrected chi connectivity index (χ1v) is 5.30. The second-order valence-electron chi connectivity index (χ2n) is 4.13. The van der Waals surface area contributed by atoms with Gasteiger partial charge < -0.3 is 0 Å². The summed E-state index contributed by atoms with van der Waals surface area (Å²) in [5.74, 6) is 1.75. The Balaban J connectivity index is 2.15. The molecule has 1 aromatic heterocycles. The van der Waals surface area contributed by atoms with E-state index < -0.39 is 0 Å². The first-order valence-electron chi connectivity index (χ1n) is 5.30. The lowest BCUT2D eigenvalue weighted by Gasteiger charge is -2.00. The molecule has 1 aliphatic rings. The van der Waals surface area contributed by atoms with Crippen LogP contribution in [-0.2, 0) is 6.42 Å². The van der Waals surface area contributed by atoms with Crippen molar-refractivity contribution in [1.82, 2.24) is 14.9 Å². The lowest BCUT2D eigenvalue weighted by molar-refractivity contribution is 0.866. The molecule has 4 nitrogen and oxygen atoms in total. The maximum absolute atomic E-state index is 4.43. The second-order valence-corrected chi connectivity index (χ2v) is 4.13. The van der Waals surface area contributed by atoms with Crippen LogP contribution in [0.3, 0.4) is 0 Å². The molecule has 0 saturated carbocycles. The Morgan fingerprint density at radius 2 is 2.06 bits per heavy atom. The Bertz CT molecular complexity index is 580. The molecule has 2 heterocycles. The molecule has 0 unspecified atom stereocenters. The van der Waals surface area contributed by atoms with E-state index in [1.165, 1.54) is 5.56 Å². The molecule has 16 heavy (non-hydrogen) atoms. The van der Waals surface area contributed by atoms with Crippen LogP contribution in [-0.4, -0.2) is 20.6 Å². The Morgan fingerprint density at radius 3 is 2.88 bits per heavy atom. The fraction of sp³-hybridized carbons (Fsp3) is 0.250. The van der Waals surface area contributed by atoms with Crippen molar-refractivity contribution in [3.63, 3.8) is 0 Å². The Hall–Kier alpha value is -1.97. The summed E-state index contributed by atoms with van der Waals surface area (Å²) < 4.78 is 1.84. The maximum Gasteiger partial charge on any atom is 0.185 e. The largest absolute Gasteiger partial charge is 0.196 e. The summed E-state index contributed by atoms with van der Waals surface area (Å²) in [4.78, 5) is 0. The molecule has 4 heteroatoms. The lowest BCUT2D eigenvalue weighted by atomic mass is 10.1. The zero-order valence-corrected chi connectivity index (χ0v) is 9.31. The van der Waals surface area contributed by atoms with E-state index in [0.29, 0.717) is 0 Å². The predicted molar refractivity (Wildman–Crippen MR) is 62.4 cm³/mol. The molecule has 2 aromatic rings. The van der Waals surface area contributed by atoms with Crippen molar-refractivity contribution in [2.45, 2.75) is 20.3 Å². The standard InChI is InChI=1S/C12H12N4/c1-8-4-3-5-10(6-8)12-14-13-11-7-9(2)15-16(11)12/h3-6H,7H2,1-2H3. The smallest absolute Gasteiger partial charge is 0.185 e. The summed E-state index contributed by atoms with van der Waals surface area (Å²) in [6.45, 7) is 4.08. The highest BCUT2D eigenvalue weighted by Gasteiger charge is 2.18. The van der Waals surface area contributed by atoms with Crippen LogP contribution >= 0.6 is 0 Å². The van der Waals surface area contributed by atoms with Gasteiger partial charge in [0.2, 0.25) is 0 Å². The van der Waals surface area contributed by atoms with Gasteiger partial charge in [0.25, 0.3) is 0 Å². The van der Waals surface area contributed by atoms with Crippen LogP contribution in [0.5, 0.6) is 0 Å². The topological polar surface area (TPSA) is 43.1 Å². The molecule has 0 fully saturated rings. The highest BCUT2D eigenvalue weighted by Crippen LogP contribution is 2.22. The average molecular weight is 212 g/mol. The number of aromatic nitrogens is 3. The predicted octanol–water partition coefficient (Wildman–Crippen LogP) is 2.03. The number of benzene rings is 1. The molecule has 0 atom stereocenters. The highest BCUT2D eigenvalue weighted by molar-refractivity contribution is 5.85. The van der Waals surface area contributed by atoms with E-state index in [9.17, 15) is 0 Å². The van der Waals surface area contributed by atoms with Crippen LogP contribution in [0.25, 0.3) is 11.4 Å². The van der Waals surface area contributed by atoms with E-state index in [2.05, 4.69) is 34.4 Å². The van der Waals surface area contributed by atoms with Crippen molar-refractivity contribution in [2.24, 2.45) is 5.10 Å². The summed E-state index contributed by atoms with van der Waals surface area (Å²) in [6.07, 6.45) is 0.804. The first-order chi connectivity index (χ1) is 7.74. The van der Waals surface area contributed by atoms with Crippen molar-refractivity contribution in [1.29, 1.82) is 0 Å². The summed E-state index contributed by atoms with van der Waals surface area (Å²) in [6, 6.07) is 8.23. The van der Waals surface area contributed by atoms with Gasteiger partial charge in [0.1, 0.15) is 0 Å². The minimum Gasteiger partial charge on any atom is -0.196 e. The molecule has 0 radical (unpaired) electrons. The molecular formula is C12H12N4. The van der Waals surface area contributed by atoms with E-state index in [1.54, 1.807) is 0 Å². The third-order valence-corrected chi connectivity index (χ3v) is 2.67. The van der Waals surface area contributed by atoms with Gasteiger partial charge >= 0.3 is 0 Å². The zero-order chi connectivity index (χ0) is 11.1. The maximum atomic E-state index is 4.43. The van der Waals surface area contributed by atoms with Crippen LogP contribution in [0.1, 0.15) is 18.3 Å². The number of hydrogen-bond donors (Lipinski definition) is 0. The highest BCUT2D eigenvalue weighted by atomic mass is 15.5. The van der Waals surface area contributed by atoms with Crippen molar-refractivity contribution >= 4 is 5.71 Å².